The first-order chi connectivity index (χ1) is 19.2. The van der Waals surface area contributed by atoms with E-state index in [1.54, 1.807) is 19.1 Å². The molecular formula is C31H47F3N4O2. The summed E-state index contributed by atoms with van der Waals surface area (Å²) in [7, 11) is 2.05. The summed E-state index contributed by atoms with van der Waals surface area (Å²) in [5.74, 6) is -0.207. The van der Waals surface area contributed by atoms with Gasteiger partial charge in [0.15, 0.2) is 0 Å². The van der Waals surface area contributed by atoms with E-state index in [0.717, 1.165) is 43.1 Å². The zero-order valence-corrected chi connectivity index (χ0v) is 25.0. The molecule has 3 N–H and O–H groups in total. The maximum absolute atomic E-state index is 13.8. The first-order valence-corrected chi connectivity index (χ1v) is 13.8. The number of benzene rings is 2. The molecule has 2 aromatic rings. The van der Waals surface area contributed by atoms with Crippen molar-refractivity contribution in [2.24, 2.45) is 10.7 Å². The Morgan fingerprint density at radius 1 is 1.10 bits per heavy atom. The highest BCUT2D eigenvalue weighted by molar-refractivity contribution is 5.92. The van der Waals surface area contributed by atoms with E-state index in [9.17, 15) is 13.2 Å². The number of hydrogen-bond acceptors (Lipinski definition) is 5. The third-order valence-electron chi connectivity index (χ3n) is 5.75. The number of rotatable bonds is 9. The van der Waals surface area contributed by atoms with Gasteiger partial charge in [0.05, 0.1) is 30.8 Å². The summed E-state index contributed by atoms with van der Waals surface area (Å²) in [4.78, 5) is 6.90. The second-order valence-corrected chi connectivity index (χ2v) is 8.33. The van der Waals surface area contributed by atoms with Gasteiger partial charge in [0.1, 0.15) is 12.4 Å². The number of nitrogens with one attached hydrogen (secondary N) is 1. The minimum atomic E-state index is -4.54. The lowest BCUT2D eigenvalue weighted by Gasteiger charge is -2.20. The van der Waals surface area contributed by atoms with Crippen LogP contribution in [0.25, 0.3) is 5.70 Å². The standard InChI is InChI=1S/C26H31F3N2O2.2C2H6.CH4N2/c1-4-23(30-19(2)24-11-8-14-31(24)3)21-12-13-25(22(17-21)26(27,28)29)33-16-15-32-18-20-9-6-5-7-10-20;2*1-2;2-1-3/h4-7,9-10,12-13,17,24H,8,11,14-16,18H2,1-3H3;2*1-2H3;1H,(H3,2,3)/b23-4-,30-19?;;;. The fourth-order valence-corrected chi connectivity index (χ4v) is 4.01. The largest absolute Gasteiger partial charge is 0.491 e. The highest BCUT2D eigenvalue weighted by atomic mass is 19.4. The van der Waals surface area contributed by atoms with Crippen LogP contribution < -0.4 is 10.5 Å². The number of likely N-dealkylation sites (tertiary alicyclic amines) is 1. The Morgan fingerprint density at radius 2 is 1.73 bits per heavy atom. The summed E-state index contributed by atoms with van der Waals surface area (Å²) in [6, 6.07) is 13.9. The highest BCUT2D eigenvalue weighted by Crippen LogP contribution is 2.38. The highest BCUT2D eigenvalue weighted by Gasteiger charge is 2.35. The Balaban J connectivity index is 0.00000199. The van der Waals surface area contributed by atoms with Crippen LogP contribution in [0.1, 0.15) is 71.1 Å². The van der Waals surface area contributed by atoms with Crippen LogP contribution in [0.4, 0.5) is 13.2 Å². The number of nitrogens with zero attached hydrogens (tertiary/aromatic N) is 2. The van der Waals surface area contributed by atoms with Gasteiger partial charge < -0.3 is 15.2 Å². The van der Waals surface area contributed by atoms with Crippen LogP contribution in [0.3, 0.4) is 0 Å². The summed E-state index contributed by atoms with van der Waals surface area (Å²) in [6.45, 7) is 13.3. The van der Waals surface area contributed by atoms with E-state index < -0.39 is 11.7 Å². The van der Waals surface area contributed by atoms with E-state index in [0.29, 0.717) is 17.9 Å². The molecule has 0 spiro atoms. The van der Waals surface area contributed by atoms with E-state index in [2.05, 4.69) is 15.6 Å². The van der Waals surface area contributed by atoms with Crippen molar-refractivity contribution in [2.45, 2.75) is 73.2 Å². The van der Waals surface area contributed by atoms with Crippen LogP contribution in [0, 0.1) is 5.41 Å². The van der Waals surface area contributed by atoms with Crippen molar-refractivity contribution in [2.75, 3.05) is 26.8 Å². The minimum Gasteiger partial charge on any atom is -0.491 e. The third kappa shape index (κ3) is 12.8. The SMILES string of the molecule is C/C=C(\N=C(C)C1CCCN1C)c1ccc(OCCOCc2ccccc2)c(C(F)(F)F)c1.CC.CC.N=CN. The van der Waals surface area contributed by atoms with E-state index in [1.165, 1.54) is 6.07 Å². The maximum atomic E-state index is 13.8. The van der Waals surface area contributed by atoms with Gasteiger partial charge in [-0.3, -0.25) is 15.3 Å². The van der Waals surface area contributed by atoms with Crippen LogP contribution >= 0.6 is 0 Å². The van der Waals surface area contributed by atoms with Crippen molar-refractivity contribution >= 4 is 17.7 Å². The van der Waals surface area contributed by atoms with Crippen molar-refractivity contribution in [1.29, 1.82) is 5.41 Å². The molecule has 0 aliphatic carbocycles. The minimum absolute atomic E-state index is 0.0248. The predicted molar refractivity (Wildman–Crippen MR) is 161 cm³/mol. The lowest BCUT2D eigenvalue weighted by Crippen LogP contribution is -2.31. The van der Waals surface area contributed by atoms with Crippen LogP contribution in [-0.4, -0.2) is 49.8 Å². The molecule has 1 atom stereocenters. The normalized spacial score (nSPS) is 15.5. The number of aliphatic imine (C=N–C) groups is 1. The Bertz CT molecular complexity index is 1020. The van der Waals surface area contributed by atoms with Gasteiger partial charge in [0.25, 0.3) is 0 Å². The summed E-state index contributed by atoms with van der Waals surface area (Å²) >= 11 is 0. The lowest BCUT2D eigenvalue weighted by atomic mass is 10.1. The first-order valence-electron chi connectivity index (χ1n) is 13.8. The molecule has 2 aromatic carbocycles. The summed E-state index contributed by atoms with van der Waals surface area (Å²) in [5.41, 5.74) is 6.42. The smallest absolute Gasteiger partial charge is 0.419 e. The summed E-state index contributed by atoms with van der Waals surface area (Å²) in [5, 5.41) is 5.86. The molecular weight excluding hydrogens is 517 g/mol. The van der Waals surface area contributed by atoms with Crippen molar-refractivity contribution in [1.82, 2.24) is 4.90 Å². The molecule has 0 amide bonds. The zero-order valence-electron chi connectivity index (χ0n) is 25.0. The maximum Gasteiger partial charge on any atom is 0.419 e. The molecule has 40 heavy (non-hydrogen) atoms. The van der Waals surface area contributed by atoms with Gasteiger partial charge in [-0.25, -0.2) is 0 Å². The topological polar surface area (TPSA) is 83.9 Å². The molecule has 1 unspecified atom stereocenters. The van der Waals surface area contributed by atoms with Gasteiger partial charge in [-0.2, -0.15) is 13.2 Å². The van der Waals surface area contributed by atoms with E-state index in [1.807, 2.05) is 72.0 Å². The Labute approximate surface area is 238 Å². The molecule has 1 aliphatic rings. The lowest BCUT2D eigenvalue weighted by molar-refractivity contribution is -0.139. The molecule has 1 saturated heterocycles. The van der Waals surface area contributed by atoms with Crippen LogP contribution in [-0.2, 0) is 17.5 Å². The average molecular weight is 565 g/mol. The van der Waals surface area contributed by atoms with Crippen LogP contribution in [0.2, 0.25) is 0 Å². The number of alkyl halides is 3. The third-order valence-corrected chi connectivity index (χ3v) is 5.75. The van der Waals surface area contributed by atoms with Gasteiger partial charge in [-0.1, -0.05) is 64.1 Å². The second kappa shape index (κ2) is 20.7. The van der Waals surface area contributed by atoms with Gasteiger partial charge in [-0.15, -0.1) is 0 Å². The molecule has 0 bridgehead atoms. The fraction of sp³-hybridized carbons (Fsp3) is 0.484. The van der Waals surface area contributed by atoms with E-state index in [-0.39, 0.29) is 25.0 Å². The van der Waals surface area contributed by atoms with E-state index in [4.69, 9.17) is 14.9 Å². The Hall–Kier alpha value is -3.17. The average Bonchev–Trinajstić information content (AvgIpc) is 3.40. The molecule has 0 saturated carbocycles. The molecule has 6 nitrogen and oxygen atoms in total. The van der Waals surface area contributed by atoms with Gasteiger partial charge in [0, 0.05) is 17.3 Å². The number of ether oxygens (including phenoxy) is 2. The summed E-state index contributed by atoms with van der Waals surface area (Å²) in [6.07, 6.45) is 0.0552. The molecule has 9 heteroatoms. The van der Waals surface area contributed by atoms with Crippen LogP contribution in [0.5, 0.6) is 5.75 Å². The molecule has 0 radical (unpaired) electrons. The zero-order chi connectivity index (χ0) is 30.6. The van der Waals surface area contributed by atoms with Gasteiger partial charge >= 0.3 is 6.18 Å². The summed E-state index contributed by atoms with van der Waals surface area (Å²) < 4.78 is 52.3. The first kappa shape index (κ1) is 36.8. The van der Waals surface area contributed by atoms with Crippen LogP contribution in [0.15, 0.2) is 59.6 Å². The number of nitrogens with two attached hydrogens (primary N) is 1. The van der Waals surface area contributed by atoms with Crippen molar-refractivity contribution in [3.63, 3.8) is 0 Å². The van der Waals surface area contributed by atoms with Gasteiger partial charge in [-0.05, 0) is 64.0 Å². The molecule has 0 aromatic heterocycles. The molecule has 1 fully saturated rings. The Morgan fingerprint density at radius 3 is 2.25 bits per heavy atom. The number of halogens is 3. The molecule has 1 heterocycles. The van der Waals surface area contributed by atoms with E-state index >= 15 is 0 Å². The van der Waals surface area contributed by atoms with Gasteiger partial charge in [0.2, 0.25) is 0 Å². The molecule has 3 rings (SSSR count). The molecule has 224 valence electrons. The van der Waals surface area contributed by atoms with Crippen molar-refractivity contribution < 1.29 is 22.6 Å². The van der Waals surface area contributed by atoms with Crippen molar-refractivity contribution in [3.05, 3.63) is 71.3 Å². The quantitative estimate of drug-likeness (QED) is 0.185. The molecule has 1 aliphatic heterocycles. The predicted octanol–water partition coefficient (Wildman–Crippen LogP) is 7.82. The Kier molecular flexibility index (Phi) is 19.1. The fourth-order valence-electron chi connectivity index (χ4n) is 4.01. The second-order valence-electron chi connectivity index (χ2n) is 8.33. The number of allylic oxidation sites excluding steroid dienone is 1. The number of hydrogen-bond donors (Lipinski definition) is 2. The monoisotopic (exact) mass is 564 g/mol. The van der Waals surface area contributed by atoms with Crippen molar-refractivity contribution in [3.8, 4) is 5.75 Å².